The van der Waals surface area contributed by atoms with Gasteiger partial charge in [-0.05, 0) is 32.2 Å². The zero-order valence-corrected chi connectivity index (χ0v) is 14.8. The average molecular weight is 354 g/mol. The van der Waals surface area contributed by atoms with Crippen LogP contribution in [0, 0.1) is 5.92 Å². The maximum atomic E-state index is 12.7. The molecule has 0 aromatic heterocycles. The van der Waals surface area contributed by atoms with Crippen molar-refractivity contribution >= 4 is 30.7 Å². The summed E-state index contributed by atoms with van der Waals surface area (Å²) in [5.74, 6) is 0.619. The Morgan fingerprint density at radius 3 is 2.55 bits per heavy atom. The highest BCUT2D eigenvalue weighted by Crippen LogP contribution is 2.22. The summed E-state index contributed by atoms with van der Waals surface area (Å²) in [6.07, 6.45) is 4.62. The largest absolute Gasteiger partial charge is 0.379 e. The second kappa shape index (κ2) is 9.93. The number of nitrogens with zero attached hydrogens (tertiary/aromatic N) is 2. The molecule has 0 saturated carbocycles. The van der Waals surface area contributed by atoms with Crippen LogP contribution in [0.4, 0.5) is 0 Å². The molecule has 0 bridgehead atoms. The molecule has 3 saturated heterocycles. The summed E-state index contributed by atoms with van der Waals surface area (Å²) in [7, 11) is 0. The molecule has 22 heavy (non-hydrogen) atoms. The Bertz CT molecular complexity index is 335. The first-order valence-electron chi connectivity index (χ1n) is 8.16. The van der Waals surface area contributed by atoms with Crippen LogP contribution in [0.15, 0.2) is 0 Å². The van der Waals surface area contributed by atoms with Gasteiger partial charge in [-0.3, -0.25) is 9.69 Å². The van der Waals surface area contributed by atoms with Crippen molar-refractivity contribution in [3.8, 4) is 0 Å². The van der Waals surface area contributed by atoms with Gasteiger partial charge in [-0.1, -0.05) is 0 Å². The smallest absolute Gasteiger partial charge is 0.227 e. The molecule has 1 N–H and O–H groups in total. The number of likely N-dealkylation sites (tertiary alicyclic amines) is 1. The van der Waals surface area contributed by atoms with Crippen LogP contribution in [0.5, 0.6) is 0 Å². The number of carbonyl (C=O) groups is 1. The van der Waals surface area contributed by atoms with Gasteiger partial charge >= 0.3 is 0 Å². The fourth-order valence-electron chi connectivity index (χ4n) is 3.66. The molecule has 5 nitrogen and oxygen atoms in total. The number of hydrogen-bond donors (Lipinski definition) is 1. The number of amides is 1. The fourth-order valence-corrected chi connectivity index (χ4v) is 3.66. The number of carbonyl (C=O) groups excluding carboxylic acids is 1. The third kappa shape index (κ3) is 4.96. The van der Waals surface area contributed by atoms with Gasteiger partial charge in [-0.15, -0.1) is 24.8 Å². The lowest BCUT2D eigenvalue weighted by Gasteiger charge is -2.40. The van der Waals surface area contributed by atoms with E-state index in [-0.39, 0.29) is 30.7 Å². The van der Waals surface area contributed by atoms with E-state index in [0.29, 0.717) is 11.9 Å². The number of hydrogen-bond acceptors (Lipinski definition) is 4. The molecular weight excluding hydrogens is 325 g/mol. The number of piperidine rings is 1. The molecule has 0 aromatic carbocycles. The van der Waals surface area contributed by atoms with Crippen molar-refractivity contribution in [2.75, 3.05) is 52.5 Å². The van der Waals surface area contributed by atoms with Crippen LogP contribution >= 0.6 is 24.8 Å². The molecule has 7 heteroatoms. The Morgan fingerprint density at radius 2 is 1.86 bits per heavy atom. The van der Waals surface area contributed by atoms with Crippen molar-refractivity contribution in [3.63, 3.8) is 0 Å². The normalized spacial score (nSPS) is 29.5. The highest BCUT2D eigenvalue weighted by atomic mass is 35.5. The van der Waals surface area contributed by atoms with Gasteiger partial charge in [0.2, 0.25) is 5.91 Å². The van der Waals surface area contributed by atoms with E-state index >= 15 is 0 Å². The van der Waals surface area contributed by atoms with E-state index in [1.165, 1.54) is 19.3 Å². The van der Waals surface area contributed by atoms with Crippen LogP contribution in [0.1, 0.15) is 25.7 Å². The van der Waals surface area contributed by atoms with Gasteiger partial charge in [0.05, 0.1) is 19.1 Å². The quantitative estimate of drug-likeness (QED) is 0.826. The van der Waals surface area contributed by atoms with E-state index in [0.717, 1.165) is 58.9 Å². The summed E-state index contributed by atoms with van der Waals surface area (Å²) in [5.41, 5.74) is 0. The topological polar surface area (TPSA) is 44.8 Å². The third-order valence-corrected chi connectivity index (χ3v) is 4.89. The molecule has 3 fully saturated rings. The molecule has 0 spiro atoms. The fraction of sp³-hybridized carbons (Fsp3) is 0.933. The first-order chi connectivity index (χ1) is 9.84. The molecular formula is C15H29Cl2N3O2. The predicted octanol–water partition coefficient (Wildman–Crippen LogP) is 1.15. The van der Waals surface area contributed by atoms with Crippen LogP contribution in [0.2, 0.25) is 0 Å². The van der Waals surface area contributed by atoms with Crippen LogP contribution in [-0.4, -0.2) is 74.2 Å². The lowest BCUT2D eigenvalue weighted by molar-refractivity contribution is -0.139. The van der Waals surface area contributed by atoms with Crippen LogP contribution in [0.25, 0.3) is 0 Å². The van der Waals surface area contributed by atoms with Crippen LogP contribution < -0.4 is 5.32 Å². The highest BCUT2D eigenvalue weighted by Gasteiger charge is 2.33. The van der Waals surface area contributed by atoms with E-state index in [9.17, 15) is 4.79 Å². The van der Waals surface area contributed by atoms with Gasteiger partial charge in [-0.25, -0.2) is 0 Å². The van der Waals surface area contributed by atoms with Crippen molar-refractivity contribution in [1.82, 2.24) is 15.1 Å². The lowest BCUT2D eigenvalue weighted by Crippen LogP contribution is -2.53. The van der Waals surface area contributed by atoms with E-state index in [2.05, 4.69) is 15.1 Å². The Kier molecular flexibility index (Phi) is 9.02. The molecule has 0 aliphatic carbocycles. The molecule has 130 valence electrons. The summed E-state index contributed by atoms with van der Waals surface area (Å²) < 4.78 is 5.41. The summed E-state index contributed by atoms with van der Waals surface area (Å²) in [6, 6.07) is 0.426. The first kappa shape index (κ1) is 20.0. The zero-order chi connectivity index (χ0) is 13.8. The first-order valence-corrected chi connectivity index (χ1v) is 8.16. The Labute approximate surface area is 145 Å². The van der Waals surface area contributed by atoms with Gasteiger partial charge in [0.15, 0.2) is 0 Å². The molecule has 0 radical (unpaired) electrons. The van der Waals surface area contributed by atoms with Gasteiger partial charge < -0.3 is 15.0 Å². The molecule has 2 unspecified atom stereocenters. The SMILES string of the molecule is Cl.Cl.O=C(C1CCNC1)N1CCCCC1CN1CCOCC1. The number of halogens is 2. The second-order valence-corrected chi connectivity index (χ2v) is 6.28. The van der Waals surface area contributed by atoms with Crippen molar-refractivity contribution < 1.29 is 9.53 Å². The summed E-state index contributed by atoms with van der Waals surface area (Å²) >= 11 is 0. The lowest BCUT2D eigenvalue weighted by atomic mass is 9.98. The van der Waals surface area contributed by atoms with Gasteiger partial charge in [0.1, 0.15) is 0 Å². The molecule has 3 aliphatic rings. The van der Waals surface area contributed by atoms with Crippen molar-refractivity contribution in [3.05, 3.63) is 0 Å². The standard InChI is InChI=1S/C15H27N3O2.2ClH/c19-15(13-4-5-16-11-13)18-6-2-1-3-14(18)12-17-7-9-20-10-8-17;;/h13-14,16H,1-12H2;2*1H. The van der Waals surface area contributed by atoms with E-state index in [1.54, 1.807) is 0 Å². The zero-order valence-electron chi connectivity index (χ0n) is 13.2. The highest BCUT2D eigenvalue weighted by molar-refractivity contribution is 5.85. The predicted molar refractivity (Wildman–Crippen MR) is 92.1 cm³/mol. The number of morpholine rings is 1. The van der Waals surface area contributed by atoms with Crippen LogP contribution in [-0.2, 0) is 9.53 Å². The minimum Gasteiger partial charge on any atom is -0.379 e. The Hall–Kier alpha value is -0.0700. The molecule has 1 amide bonds. The van der Waals surface area contributed by atoms with Crippen LogP contribution in [0.3, 0.4) is 0 Å². The minimum atomic E-state index is 0. The third-order valence-electron chi connectivity index (χ3n) is 4.89. The van der Waals surface area contributed by atoms with Gasteiger partial charge in [0, 0.05) is 38.8 Å². The molecule has 0 aromatic rings. The molecule has 3 heterocycles. The number of rotatable bonds is 3. The summed E-state index contributed by atoms with van der Waals surface area (Å²) in [6.45, 7) is 7.59. The molecule has 3 aliphatic heterocycles. The maximum Gasteiger partial charge on any atom is 0.227 e. The van der Waals surface area contributed by atoms with Crippen molar-refractivity contribution in [2.24, 2.45) is 5.92 Å². The van der Waals surface area contributed by atoms with Gasteiger partial charge in [0.25, 0.3) is 0 Å². The Balaban J connectivity index is 0.00000121. The maximum absolute atomic E-state index is 12.7. The van der Waals surface area contributed by atoms with Gasteiger partial charge in [-0.2, -0.15) is 0 Å². The van der Waals surface area contributed by atoms with E-state index in [4.69, 9.17) is 4.74 Å². The van der Waals surface area contributed by atoms with Crippen molar-refractivity contribution in [1.29, 1.82) is 0 Å². The molecule has 3 rings (SSSR count). The monoisotopic (exact) mass is 353 g/mol. The van der Waals surface area contributed by atoms with E-state index < -0.39 is 0 Å². The summed E-state index contributed by atoms with van der Waals surface area (Å²) in [5, 5.41) is 3.31. The van der Waals surface area contributed by atoms with Crippen molar-refractivity contribution in [2.45, 2.75) is 31.7 Å². The number of nitrogens with one attached hydrogen (secondary N) is 1. The molecule has 2 atom stereocenters. The van der Waals surface area contributed by atoms with E-state index in [1.807, 2.05) is 0 Å². The number of ether oxygens (including phenoxy) is 1. The average Bonchev–Trinajstić information content (AvgIpc) is 3.02. The summed E-state index contributed by atoms with van der Waals surface area (Å²) in [4.78, 5) is 17.4. The Morgan fingerprint density at radius 1 is 1.09 bits per heavy atom. The minimum absolute atomic E-state index is 0. The second-order valence-electron chi connectivity index (χ2n) is 6.28.